The topological polar surface area (TPSA) is 32.3 Å². The number of amides is 1. The molecule has 0 spiro atoms. The second-order valence-corrected chi connectivity index (χ2v) is 6.71. The lowest BCUT2D eigenvalue weighted by molar-refractivity contribution is 0.0934. The molecule has 3 nitrogen and oxygen atoms in total. The molecular weight excluding hydrogens is 375 g/mol. The number of nitrogens with one attached hydrogen (secondary N) is 1. The number of carbonyl (C=O) groups excluding carboxylic acids is 1. The summed E-state index contributed by atoms with van der Waals surface area (Å²) in [5.74, 6) is 0.410. The van der Waals surface area contributed by atoms with Crippen LogP contribution in [0.2, 0.25) is 5.02 Å². The largest absolute Gasteiger partial charge is 0.350 e. The van der Waals surface area contributed by atoms with Gasteiger partial charge in [0.2, 0.25) is 0 Å². The summed E-state index contributed by atoms with van der Waals surface area (Å²) >= 11 is 8.08. The minimum absolute atomic E-state index is 0.0700. The second kappa shape index (κ2) is 7.45. The van der Waals surface area contributed by atoms with E-state index in [9.17, 15) is 4.79 Å². The van der Waals surface area contributed by atoms with Crippen molar-refractivity contribution in [2.24, 2.45) is 5.92 Å². The molecule has 1 unspecified atom stereocenters. The molecule has 0 saturated carbocycles. The third kappa shape index (κ3) is 4.93. The first-order valence-corrected chi connectivity index (χ1v) is 7.68. The van der Waals surface area contributed by atoms with Gasteiger partial charge in [-0.25, -0.2) is 0 Å². The Labute approximate surface area is 133 Å². The Morgan fingerprint density at radius 1 is 1.42 bits per heavy atom. The Balaban J connectivity index is 2.72. The molecule has 0 radical (unpaired) electrons. The van der Waals surface area contributed by atoms with E-state index in [1.807, 2.05) is 20.2 Å². The zero-order valence-electron chi connectivity index (χ0n) is 11.7. The highest BCUT2D eigenvalue weighted by Crippen LogP contribution is 2.18. The van der Waals surface area contributed by atoms with Gasteiger partial charge >= 0.3 is 0 Å². The molecule has 0 bridgehead atoms. The van der Waals surface area contributed by atoms with Crippen molar-refractivity contribution in [2.45, 2.75) is 19.9 Å². The molecule has 106 valence electrons. The summed E-state index contributed by atoms with van der Waals surface area (Å²) in [4.78, 5) is 14.3. The molecule has 0 aliphatic rings. The standard InChI is InChI=1S/C14H20ClIN2O/c1-9(2)13(18(3)4)8-17-14(19)11-7-10(15)5-6-12(11)16/h5-7,9,13H,8H2,1-4H3,(H,17,19). The maximum absolute atomic E-state index is 12.2. The van der Waals surface area contributed by atoms with E-state index in [4.69, 9.17) is 11.6 Å². The molecular formula is C14H20ClIN2O. The number of rotatable bonds is 5. The predicted molar refractivity (Wildman–Crippen MR) is 88.8 cm³/mol. The molecule has 0 aliphatic carbocycles. The van der Waals surface area contributed by atoms with E-state index >= 15 is 0 Å². The number of likely N-dealkylation sites (N-methyl/N-ethyl adjacent to an activating group) is 1. The summed E-state index contributed by atoms with van der Waals surface area (Å²) in [5, 5.41) is 3.57. The smallest absolute Gasteiger partial charge is 0.252 e. The van der Waals surface area contributed by atoms with Crippen molar-refractivity contribution in [1.82, 2.24) is 10.2 Å². The molecule has 0 aliphatic heterocycles. The Hall–Kier alpha value is -0.330. The van der Waals surface area contributed by atoms with Gasteiger partial charge in [0, 0.05) is 21.2 Å². The summed E-state index contributed by atoms with van der Waals surface area (Å²) in [6.07, 6.45) is 0. The molecule has 0 heterocycles. The lowest BCUT2D eigenvalue weighted by Gasteiger charge is -2.28. The summed E-state index contributed by atoms with van der Waals surface area (Å²) in [5.41, 5.74) is 0.634. The maximum Gasteiger partial charge on any atom is 0.252 e. The van der Waals surface area contributed by atoms with E-state index < -0.39 is 0 Å². The van der Waals surface area contributed by atoms with Gasteiger partial charge in [0.15, 0.2) is 0 Å². The van der Waals surface area contributed by atoms with Gasteiger partial charge in [-0.1, -0.05) is 25.4 Å². The van der Waals surface area contributed by atoms with Crippen LogP contribution in [0, 0.1) is 9.49 Å². The number of halogens is 2. The van der Waals surface area contributed by atoms with Gasteiger partial charge in [0.25, 0.3) is 5.91 Å². The number of hydrogen-bond donors (Lipinski definition) is 1. The molecule has 5 heteroatoms. The lowest BCUT2D eigenvalue weighted by Crippen LogP contribution is -2.43. The number of benzene rings is 1. The third-order valence-electron chi connectivity index (χ3n) is 3.08. The fourth-order valence-electron chi connectivity index (χ4n) is 1.98. The first-order chi connectivity index (χ1) is 8.82. The van der Waals surface area contributed by atoms with Crippen LogP contribution >= 0.6 is 34.2 Å². The Morgan fingerprint density at radius 2 is 2.05 bits per heavy atom. The van der Waals surface area contributed by atoms with E-state index in [1.54, 1.807) is 12.1 Å². The van der Waals surface area contributed by atoms with Gasteiger partial charge in [-0.3, -0.25) is 4.79 Å². The SMILES string of the molecule is CC(C)C(CNC(=O)c1cc(Cl)ccc1I)N(C)C. The average molecular weight is 395 g/mol. The van der Waals surface area contributed by atoms with Gasteiger partial charge in [0.1, 0.15) is 0 Å². The quantitative estimate of drug-likeness (QED) is 0.778. The van der Waals surface area contributed by atoms with E-state index in [0.29, 0.717) is 29.1 Å². The summed E-state index contributed by atoms with van der Waals surface area (Å²) in [6.45, 7) is 4.94. The molecule has 1 aromatic rings. The van der Waals surface area contributed by atoms with Gasteiger partial charge in [-0.05, 0) is 60.8 Å². The molecule has 1 aromatic carbocycles. The molecule has 19 heavy (non-hydrogen) atoms. The fourth-order valence-corrected chi connectivity index (χ4v) is 2.73. The van der Waals surface area contributed by atoms with Crippen LogP contribution in [-0.4, -0.2) is 37.5 Å². The van der Waals surface area contributed by atoms with Crippen molar-refractivity contribution in [2.75, 3.05) is 20.6 Å². The van der Waals surface area contributed by atoms with E-state index in [-0.39, 0.29) is 5.91 Å². The maximum atomic E-state index is 12.2. The van der Waals surface area contributed by atoms with Crippen molar-refractivity contribution < 1.29 is 4.79 Å². The van der Waals surface area contributed by atoms with E-state index in [2.05, 4.69) is 46.7 Å². The van der Waals surface area contributed by atoms with Crippen LogP contribution in [0.1, 0.15) is 24.2 Å². The fraction of sp³-hybridized carbons (Fsp3) is 0.500. The predicted octanol–water partition coefficient (Wildman–Crippen LogP) is 3.26. The minimum atomic E-state index is -0.0700. The van der Waals surface area contributed by atoms with Crippen molar-refractivity contribution in [3.8, 4) is 0 Å². The van der Waals surface area contributed by atoms with Crippen molar-refractivity contribution in [1.29, 1.82) is 0 Å². The van der Waals surface area contributed by atoms with Crippen LogP contribution in [0.5, 0.6) is 0 Å². The lowest BCUT2D eigenvalue weighted by atomic mass is 10.0. The van der Waals surface area contributed by atoms with Crippen LogP contribution in [0.4, 0.5) is 0 Å². The van der Waals surface area contributed by atoms with Crippen LogP contribution in [0.25, 0.3) is 0 Å². The van der Waals surface area contributed by atoms with Crippen LogP contribution < -0.4 is 5.32 Å². The molecule has 0 fully saturated rings. The highest BCUT2D eigenvalue weighted by molar-refractivity contribution is 14.1. The number of carbonyl (C=O) groups is 1. The van der Waals surface area contributed by atoms with E-state index in [0.717, 1.165) is 3.57 Å². The third-order valence-corrected chi connectivity index (χ3v) is 4.25. The van der Waals surface area contributed by atoms with E-state index in [1.165, 1.54) is 0 Å². The summed E-state index contributed by atoms with van der Waals surface area (Å²) in [7, 11) is 4.06. The average Bonchev–Trinajstić information content (AvgIpc) is 2.31. The molecule has 1 atom stereocenters. The van der Waals surface area contributed by atoms with Gasteiger partial charge in [-0.2, -0.15) is 0 Å². The van der Waals surface area contributed by atoms with Crippen molar-refractivity contribution in [3.05, 3.63) is 32.4 Å². The van der Waals surface area contributed by atoms with Gasteiger partial charge in [-0.15, -0.1) is 0 Å². The van der Waals surface area contributed by atoms with Crippen molar-refractivity contribution >= 4 is 40.1 Å². The zero-order chi connectivity index (χ0) is 14.6. The minimum Gasteiger partial charge on any atom is -0.350 e. The number of nitrogens with zero attached hydrogens (tertiary/aromatic N) is 1. The highest BCUT2D eigenvalue weighted by Gasteiger charge is 2.18. The Morgan fingerprint density at radius 3 is 2.58 bits per heavy atom. The number of hydrogen-bond acceptors (Lipinski definition) is 2. The Kier molecular flexibility index (Phi) is 6.56. The Bertz CT molecular complexity index is 441. The highest BCUT2D eigenvalue weighted by atomic mass is 127. The second-order valence-electron chi connectivity index (χ2n) is 5.11. The molecule has 1 amide bonds. The molecule has 1 rings (SSSR count). The van der Waals surface area contributed by atoms with Crippen LogP contribution in [-0.2, 0) is 0 Å². The van der Waals surface area contributed by atoms with Gasteiger partial charge in [0.05, 0.1) is 5.56 Å². The van der Waals surface area contributed by atoms with Crippen molar-refractivity contribution in [3.63, 3.8) is 0 Å². The van der Waals surface area contributed by atoms with Crippen LogP contribution in [0.3, 0.4) is 0 Å². The molecule has 1 N–H and O–H groups in total. The first-order valence-electron chi connectivity index (χ1n) is 6.22. The normalized spacial score (nSPS) is 12.8. The first kappa shape index (κ1) is 16.7. The zero-order valence-corrected chi connectivity index (χ0v) is 14.6. The monoisotopic (exact) mass is 394 g/mol. The molecule has 0 aromatic heterocycles. The molecule has 0 saturated heterocycles. The summed E-state index contributed by atoms with van der Waals surface area (Å²) in [6, 6.07) is 5.67. The van der Waals surface area contributed by atoms with Crippen LogP contribution in [0.15, 0.2) is 18.2 Å². The van der Waals surface area contributed by atoms with Gasteiger partial charge < -0.3 is 10.2 Å². The summed E-state index contributed by atoms with van der Waals surface area (Å²) < 4.78 is 0.908.